The maximum absolute atomic E-state index is 12.6. The number of hydrogen-bond donors (Lipinski definition) is 1. The minimum Gasteiger partial charge on any atom is -0.383 e. The molecule has 1 unspecified atom stereocenters. The molecule has 1 aromatic carbocycles. The van der Waals surface area contributed by atoms with Crippen LogP contribution in [-0.2, 0) is 10.0 Å². The normalized spacial score (nSPS) is 17.1. The third-order valence-corrected chi connectivity index (χ3v) is 6.37. The molecule has 1 atom stereocenters. The molecule has 24 heavy (non-hydrogen) atoms. The van der Waals surface area contributed by atoms with Gasteiger partial charge in [-0.3, -0.25) is 9.52 Å². The second kappa shape index (κ2) is 7.83. The van der Waals surface area contributed by atoms with Crippen molar-refractivity contribution in [2.24, 2.45) is 5.92 Å². The molecule has 5 nitrogen and oxygen atoms in total. The summed E-state index contributed by atoms with van der Waals surface area (Å²) in [6, 6.07) is 6.63. The summed E-state index contributed by atoms with van der Waals surface area (Å²) in [6.07, 6.45) is 7.28. The van der Waals surface area contributed by atoms with Gasteiger partial charge in [-0.1, -0.05) is 25.0 Å². The maximum atomic E-state index is 12.6. The van der Waals surface area contributed by atoms with Crippen LogP contribution in [0.15, 0.2) is 36.5 Å². The van der Waals surface area contributed by atoms with Crippen LogP contribution in [0.2, 0.25) is 0 Å². The third kappa shape index (κ3) is 4.84. The van der Waals surface area contributed by atoms with Gasteiger partial charge in [-0.25, -0.2) is 8.42 Å². The van der Waals surface area contributed by atoms with E-state index in [1.807, 2.05) is 14.1 Å². The van der Waals surface area contributed by atoms with Crippen LogP contribution in [-0.4, -0.2) is 38.4 Å². The second-order valence-electron chi connectivity index (χ2n) is 6.62. The van der Waals surface area contributed by atoms with Crippen molar-refractivity contribution < 1.29 is 13.2 Å². The predicted molar refractivity (Wildman–Crippen MR) is 97.6 cm³/mol. The Morgan fingerprint density at radius 3 is 2.58 bits per heavy atom. The zero-order valence-corrected chi connectivity index (χ0v) is 15.3. The molecule has 6 heteroatoms. The molecule has 0 spiro atoms. The van der Waals surface area contributed by atoms with Gasteiger partial charge >= 0.3 is 0 Å². The molecule has 132 valence electrons. The van der Waals surface area contributed by atoms with Gasteiger partial charge in [0.25, 0.3) is 0 Å². The van der Waals surface area contributed by atoms with Gasteiger partial charge in [0.15, 0.2) is 5.78 Å². The highest BCUT2D eigenvalue weighted by atomic mass is 32.2. The molecule has 0 aromatic heterocycles. The van der Waals surface area contributed by atoms with Crippen molar-refractivity contribution in [3.8, 4) is 0 Å². The van der Waals surface area contributed by atoms with E-state index in [1.165, 1.54) is 6.08 Å². The van der Waals surface area contributed by atoms with Crippen molar-refractivity contribution >= 4 is 21.5 Å². The Labute approximate surface area is 144 Å². The van der Waals surface area contributed by atoms with Crippen LogP contribution < -0.4 is 4.72 Å². The lowest BCUT2D eigenvalue weighted by molar-refractivity contribution is 0.104. The summed E-state index contributed by atoms with van der Waals surface area (Å²) in [4.78, 5) is 13.9. The van der Waals surface area contributed by atoms with Crippen LogP contribution in [0.3, 0.4) is 0 Å². The van der Waals surface area contributed by atoms with Crippen LogP contribution in [0.4, 0.5) is 5.69 Å². The molecule has 1 N–H and O–H groups in total. The minimum atomic E-state index is -3.45. The van der Waals surface area contributed by atoms with Gasteiger partial charge in [0, 0.05) is 37.6 Å². The average molecular weight is 350 g/mol. The highest BCUT2D eigenvalue weighted by molar-refractivity contribution is 7.93. The van der Waals surface area contributed by atoms with Crippen molar-refractivity contribution in [3.05, 3.63) is 42.1 Å². The van der Waals surface area contributed by atoms with Crippen molar-refractivity contribution in [1.82, 2.24) is 4.90 Å². The first-order valence-electron chi connectivity index (χ1n) is 8.30. The van der Waals surface area contributed by atoms with Crippen LogP contribution in [0.5, 0.6) is 0 Å². The summed E-state index contributed by atoms with van der Waals surface area (Å²) in [5.41, 5.74) is 0.894. The van der Waals surface area contributed by atoms with Crippen molar-refractivity contribution in [2.45, 2.75) is 37.9 Å². The van der Waals surface area contributed by atoms with Gasteiger partial charge in [0.1, 0.15) is 0 Å². The largest absolute Gasteiger partial charge is 0.383 e. The zero-order chi connectivity index (χ0) is 17.7. The zero-order valence-electron chi connectivity index (χ0n) is 14.5. The van der Waals surface area contributed by atoms with Crippen LogP contribution in [0.25, 0.3) is 0 Å². The Morgan fingerprint density at radius 2 is 1.96 bits per heavy atom. The van der Waals surface area contributed by atoms with E-state index >= 15 is 0 Å². The van der Waals surface area contributed by atoms with Crippen molar-refractivity contribution in [1.29, 1.82) is 0 Å². The fourth-order valence-electron chi connectivity index (χ4n) is 2.99. The molecule has 1 saturated carbocycles. The molecule has 0 radical (unpaired) electrons. The lowest BCUT2D eigenvalue weighted by Crippen LogP contribution is -2.30. The molecular weight excluding hydrogens is 324 g/mol. The Kier molecular flexibility index (Phi) is 6.04. The molecule has 1 aromatic rings. The maximum Gasteiger partial charge on any atom is 0.235 e. The molecule has 0 aliphatic heterocycles. The monoisotopic (exact) mass is 350 g/mol. The number of carbonyl (C=O) groups is 1. The SMILES string of the molecule is CC(C1CCCC1)S(=O)(=O)Nc1cccc(C(=O)C=CN(C)C)c1. The van der Waals surface area contributed by atoms with Gasteiger partial charge in [0.2, 0.25) is 10.0 Å². The summed E-state index contributed by atoms with van der Waals surface area (Å²) in [7, 11) is 0.212. The molecule has 0 bridgehead atoms. The van der Waals surface area contributed by atoms with E-state index in [0.29, 0.717) is 11.3 Å². The van der Waals surface area contributed by atoms with Crippen LogP contribution in [0, 0.1) is 5.92 Å². The molecule has 1 aliphatic rings. The first-order valence-corrected chi connectivity index (χ1v) is 9.85. The fraction of sp³-hybridized carbons (Fsp3) is 0.500. The molecule has 1 aliphatic carbocycles. The summed E-state index contributed by atoms with van der Waals surface area (Å²) in [5, 5.41) is -0.423. The summed E-state index contributed by atoms with van der Waals surface area (Å²) in [6.45, 7) is 1.77. The smallest absolute Gasteiger partial charge is 0.235 e. The van der Waals surface area contributed by atoms with E-state index in [0.717, 1.165) is 25.7 Å². The van der Waals surface area contributed by atoms with E-state index in [2.05, 4.69) is 4.72 Å². The molecule has 1 fully saturated rings. The Morgan fingerprint density at radius 1 is 1.29 bits per heavy atom. The summed E-state index contributed by atoms with van der Waals surface area (Å²) >= 11 is 0. The number of sulfonamides is 1. The Bertz CT molecular complexity index is 705. The van der Waals surface area contributed by atoms with E-state index in [-0.39, 0.29) is 11.7 Å². The quantitative estimate of drug-likeness (QED) is 0.605. The van der Waals surface area contributed by atoms with Crippen LogP contribution in [0.1, 0.15) is 43.0 Å². The number of hydrogen-bond acceptors (Lipinski definition) is 4. The average Bonchev–Trinajstić information content (AvgIpc) is 3.05. The Hall–Kier alpha value is -1.82. The molecule has 2 rings (SSSR count). The first-order chi connectivity index (χ1) is 11.3. The van der Waals surface area contributed by atoms with Gasteiger partial charge in [-0.15, -0.1) is 0 Å². The number of nitrogens with one attached hydrogen (secondary N) is 1. The van der Waals surface area contributed by atoms with Gasteiger partial charge in [-0.2, -0.15) is 0 Å². The standard InChI is InChI=1S/C18H26N2O3S/c1-14(15-7-4-5-8-15)24(22,23)19-17-10-6-9-16(13-17)18(21)11-12-20(2)3/h6,9-15,19H,4-5,7-8H2,1-3H3. The highest BCUT2D eigenvalue weighted by Crippen LogP contribution is 2.31. The fourth-order valence-corrected chi connectivity index (χ4v) is 4.41. The molecule has 0 saturated heterocycles. The summed E-state index contributed by atoms with van der Waals surface area (Å²) in [5.74, 6) is 0.0592. The van der Waals surface area contributed by atoms with Gasteiger partial charge in [0.05, 0.1) is 5.25 Å². The Balaban J connectivity index is 2.12. The topological polar surface area (TPSA) is 66.5 Å². The number of anilines is 1. The van der Waals surface area contributed by atoms with Gasteiger partial charge < -0.3 is 4.90 Å². The number of benzene rings is 1. The van der Waals surface area contributed by atoms with Crippen LogP contribution >= 0.6 is 0 Å². The van der Waals surface area contributed by atoms with Gasteiger partial charge in [-0.05, 0) is 37.8 Å². The number of allylic oxidation sites excluding steroid dienone is 1. The van der Waals surface area contributed by atoms with E-state index < -0.39 is 15.3 Å². The summed E-state index contributed by atoms with van der Waals surface area (Å²) < 4.78 is 27.8. The number of ketones is 1. The number of carbonyl (C=O) groups excluding carboxylic acids is 1. The third-order valence-electron chi connectivity index (χ3n) is 4.48. The minimum absolute atomic E-state index is 0.159. The van der Waals surface area contributed by atoms with Crippen molar-refractivity contribution in [2.75, 3.05) is 18.8 Å². The van der Waals surface area contributed by atoms with E-state index in [1.54, 1.807) is 42.3 Å². The molecular formula is C18H26N2O3S. The molecule has 0 amide bonds. The number of nitrogens with zero attached hydrogens (tertiary/aromatic N) is 1. The highest BCUT2D eigenvalue weighted by Gasteiger charge is 2.31. The van der Waals surface area contributed by atoms with E-state index in [4.69, 9.17) is 0 Å². The number of rotatable bonds is 7. The first kappa shape index (κ1) is 18.5. The second-order valence-corrected chi connectivity index (χ2v) is 8.66. The van der Waals surface area contributed by atoms with Crippen molar-refractivity contribution in [3.63, 3.8) is 0 Å². The molecule has 0 heterocycles. The lowest BCUT2D eigenvalue weighted by Gasteiger charge is -2.20. The predicted octanol–water partition coefficient (Wildman–Crippen LogP) is 3.27. The lowest BCUT2D eigenvalue weighted by atomic mass is 10.1. The van der Waals surface area contributed by atoms with E-state index in [9.17, 15) is 13.2 Å².